The van der Waals surface area contributed by atoms with Gasteiger partial charge in [-0.3, -0.25) is 0 Å². The lowest BCUT2D eigenvalue weighted by Crippen LogP contribution is -2.48. The highest BCUT2D eigenvalue weighted by Crippen LogP contribution is 2.31. The Morgan fingerprint density at radius 1 is 1.25 bits per heavy atom. The number of hydrogen-bond acceptors (Lipinski definition) is 2. The van der Waals surface area contributed by atoms with Crippen molar-refractivity contribution in [2.75, 3.05) is 27.2 Å². The molecule has 1 aliphatic heterocycles. The average Bonchev–Trinajstić information content (AvgIpc) is 2.11. The van der Waals surface area contributed by atoms with E-state index < -0.39 is 0 Å². The van der Waals surface area contributed by atoms with Gasteiger partial charge < -0.3 is 10.2 Å². The highest BCUT2D eigenvalue weighted by molar-refractivity contribution is 5.33. The second-order valence-electron chi connectivity index (χ2n) is 5.19. The minimum atomic E-state index is 0.557. The van der Waals surface area contributed by atoms with Crippen LogP contribution in [0.1, 0.15) is 22.7 Å². The topological polar surface area (TPSA) is 15.3 Å². The van der Waals surface area contributed by atoms with Gasteiger partial charge in [-0.05, 0) is 39.1 Å². The molecule has 1 heterocycles. The number of rotatable bonds is 3. The molecule has 2 nitrogen and oxygen atoms in total. The molecule has 0 spiro atoms. The summed E-state index contributed by atoms with van der Waals surface area (Å²) in [7, 11) is 4.37. The first kappa shape index (κ1) is 11.6. The van der Waals surface area contributed by atoms with Crippen LogP contribution in [0, 0.1) is 19.8 Å². The van der Waals surface area contributed by atoms with Gasteiger partial charge in [0.15, 0.2) is 0 Å². The molecule has 0 aromatic heterocycles. The van der Waals surface area contributed by atoms with Crippen LogP contribution in [0.25, 0.3) is 0 Å². The zero-order valence-electron chi connectivity index (χ0n) is 10.7. The van der Waals surface area contributed by atoms with Gasteiger partial charge in [0.2, 0.25) is 0 Å². The number of benzene rings is 1. The van der Waals surface area contributed by atoms with Crippen molar-refractivity contribution in [1.29, 1.82) is 0 Å². The molecule has 1 aromatic carbocycles. The molecule has 0 amide bonds. The maximum absolute atomic E-state index is 3.37. The Morgan fingerprint density at radius 2 is 1.94 bits per heavy atom. The fraction of sp³-hybridized carbons (Fsp3) is 0.571. The third-order valence-electron chi connectivity index (χ3n) is 3.56. The van der Waals surface area contributed by atoms with E-state index in [1.165, 1.54) is 16.7 Å². The highest BCUT2D eigenvalue weighted by Gasteiger charge is 2.30. The van der Waals surface area contributed by atoms with Crippen molar-refractivity contribution in [2.24, 2.45) is 5.92 Å². The molecule has 1 aromatic rings. The minimum absolute atomic E-state index is 0.557. The lowest BCUT2D eigenvalue weighted by Gasteiger charge is -2.39. The fourth-order valence-electron chi connectivity index (χ4n) is 2.65. The van der Waals surface area contributed by atoms with Gasteiger partial charge in [0.1, 0.15) is 0 Å². The fourth-order valence-corrected chi connectivity index (χ4v) is 2.65. The molecule has 16 heavy (non-hydrogen) atoms. The molecule has 2 heteroatoms. The van der Waals surface area contributed by atoms with Crippen molar-refractivity contribution in [1.82, 2.24) is 10.2 Å². The summed E-state index contributed by atoms with van der Waals surface area (Å²) in [5.74, 6) is 0.761. The normalized spacial score (nSPS) is 18.6. The van der Waals surface area contributed by atoms with Crippen LogP contribution in [0.3, 0.4) is 0 Å². The van der Waals surface area contributed by atoms with Crippen molar-refractivity contribution in [3.63, 3.8) is 0 Å². The summed E-state index contributed by atoms with van der Waals surface area (Å²) in [5, 5.41) is 3.37. The number of nitrogens with zero attached hydrogens (tertiary/aromatic N) is 1. The minimum Gasteiger partial charge on any atom is -0.316 e. The van der Waals surface area contributed by atoms with E-state index in [0.29, 0.717) is 6.04 Å². The van der Waals surface area contributed by atoms with E-state index in [0.717, 1.165) is 19.0 Å². The van der Waals surface area contributed by atoms with Gasteiger partial charge in [0, 0.05) is 25.0 Å². The Kier molecular flexibility index (Phi) is 3.31. The second-order valence-corrected chi connectivity index (χ2v) is 5.19. The van der Waals surface area contributed by atoms with Crippen LogP contribution in [0.2, 0.25) is 0 Å². The van der Waals surface area contributed by atoms with Crippen molar-refractivity contribution < 1.29 is 0 Å². The van der Waals surface area contributed by atoms with Crippen molar-refractivity contribution in [3.05, 3.63) is 34.9 Å². The molecule has 0 aliphatic carbocycles. The van der Waals surface area contributed by atoms with Gasteiger partial charge >= 0.3 is 0 Å². The molecule has 1 N–H and O–H groups in total. The summed E-state index contributed by atoms with van der Waals surface area (Å²) in [6.45, 7) is 6.68. The van der Waals surface area contributed by atoms with Crippen molar-refractivity contribution in [3.8, 4) is 0 Å². The summed E-state index contributed by atoms with van der Waals surface area (Å²) in [6.07, 6.45) is 0. The second kappa shape index (κ2) is 4.56. The molecule has 0 bridgehead atoms. The molecular weight excluding hydrogens is 196 g/mol. The van der Waals surface area contributed by atoms with Crippen LogP contribution in [0.15, 0.2) is 18.2 Å². The smallest absolute Gasteiger partial charge is 0.0397 e. The first-order valence-corrected chi connectivity index (χ1v) is 6.04. The van der Waals surface area contributed by atoms with Crippen molar-refractivity contribution in [2.45, 2.75) is 19.9 Å². The van der Waals surface area contributed by atoms with E-state index in [9.17, 15) is 0 Å². The van der Waals surface area contributed by atoms with Crippen molar-refractivity contribution >= 4 is 0 Å². The third kappa shape index (κ3) is 2.13. The largest absolute Gasteiger partial charge is 0.316 e. The highest BCUT2D eigenvalue weighted by atomic mass is 15.1. The molecule has 1 atom stereocenters. The maximum Gasteiger partial charge on any atom is 0.0397 e. The number of nitrogens with one attached hydrogen (secondary N) is 1. The Morgan fingerprint density at radius 3 is 2.38 bits per heavy atom. The van der Waals surface area contributed by atoms with E-state index in [4.69, 9.17) is 0 Å². The molecule has 0 radical (unpaired) electrons. The average molecular weight is 218 g/mol. The van der Waals surface area contributed by atoms with Gasteiger partial charge in [0.25, 0.3) is 0 Å². The van der Waals surface area contributed by atoms with Crippen LogP contribution < -0.4 is 5.32 Å². The summed E-state index contributed by atoms with van der Waals surface area (Å²) in [5.41, 5.74) is 4.26. The van der Waals surface area contributed by atoms with Gasteiger partial charge in [-0.25, -0.2) is 0 Å². The van der Waals surface area contributed by atoms with Crippen LogP contribution in [0.5, 0.6) is 0 Å². The van der Waals surface area contributed by atoms with Crippen LogP contribution in [0.4, 0.5) is 0 Å². The number of hydrogen-bond donors (Lipinski definition) is 1. The summed E-state index contributed by atoms with van der Waals surface area (Å²) < 4.78 is 0. The molecule has 1 saturated heterocycles. The van der Waals surface area contributed by atoms with E-state index in [1.54, 1.807) is 0 Å². The Balaban J connectivity index is 2.30. The van der Waals surface area contributed by atoms with Gasteiger partial charge in [0.05, 0.1) is 0 Å². The molecular formula is C14H22N2. The van der Waals surface area contributed by atoms with Gasteiger partial charge in [-0.1, -0.05) is 23.8 Å². The van der Waals surface area contributed by atoms with E-state index in [-0.39, 0.29) is 0 Å². The Bertz CT molecular complexity index is 367. The zero-order valence-corrected chi connectivity index (χ0v) is 10.7. The summed E-state index contributed by atoms with van der Waals surface area (Å²) >= 11 is 0. The maximum atomic E-state index is 3.37. The van der Waals surface area contributed by atoms with Crippen LogP contribution >= 0.6 is 0 Å². The number of aryl methyl sites for hydroxylation is 2. The monoisotopic (exact) mass is 218 g/mol. The predicted molar refractivity (Wildman–Crippen MR) is 68.7 cm³/mol. The molecule has 2 rings (SSSR count). The molecule has 1 aliphatic rings. The Hall–Kier alpha value is -0.860. The Labute approximate surface area is 98.7 Å². The van der Waals surface area contributed by atoms with E-state index in [1.807, 2.05) is 0 Å². The molecule has 88 valence electrons. The standard InChI is InChI=1S/C14H22N2/c1-10-5-6-13(11(2)7-10)14(16(3)4)12-8-15-9-12/h5-7,12,14-15H,8-9H2,1-4H3. The van der Waals surface area contributed by atoms with E-state index in [2.05, 4.69) is 56.4 Å². The first-order valence-electron chi connectivity index (χ1n) is 6.04. The molecule has 1 fully saturated rings. The van der Waals surface area contributed by atoms with Crippen LogP contribution in [-0.2, 0) is 0 Å². The zero-order chi connectivity index (χ0) is 11.7. The van der Waals surface area contributed by atoms with Crippen LogP contribution in [-0.4, -0.2) is 32.1 Å². The van der Waals surface area contributed by atoms with E-state index >= 15 is 0 Å². The van der Waals surface area contributed by atoms with Gasteiger partial charge in [-0.15, -0.1) is 0 Å². The molecule has 1 unspecified atom stereocenters. The lowest BCUT2D eigenvalue weighted by molar-refractivity contribution is 0.160. The first-order chi connectivity index (χ1) is 7.59. The third-order valence-corrected chi connectivity index (χ3v) is 3.56. The summed E-state index contributed by atoms with van der Waals surface area (Å²) in [4.78, 5) is 2.35. The molecule has 0 saturated carbocycles. The van der Waals surface area contributed by atoms with Gasteiger partial charge in [-0.2, -0.15) is 0 Å². The SMILES string of the molecule is Cc1ccc(C(C2CNC2)N(C)C)c(C)c1. The lowest BCUT2D eigenvalue weighted by atomic mass is 9.85. The quantitative estimate of drug-likeness (QED) is 0.836. The predicted octanol–water partition coefficient (Wildman–Crippen LogP) is 2.13. The summed E-state index contributed by atoms with van der Waals surface area (Å²) in [6, 6.07) is 7.37.